The van der Waals surface area contributed by atoms with Crippen LogP contribution < -0.4 is 10.6 Å². The van der Waals surface area contributed by atoms with Crippen LogP contribution in [0.5, 0.6) is 0 Å². The summed E-state index contributed by atoms with van der Waals surface area (Å²) in [4.78, 5) is 35.1. The van der Waals surface area contributed by atoms with Gasteiger partial charge < -0.3 is 15.4 Å². The molecular weight excluding hydrogens is 358 g/mol. The number of halogens is 2. The van der Waals surface area contributed by atoms with E-state index in [2.05, 4.69) is 10.6 Å². The zero-order valence-electron chi connectivity index (χ0n) is 14.5. The van der Waals surface area contributed by atoms with Crippen molar-refractivity contribution < 1.29 is 27.9 Å². The lowest BCUT2D eigenvalue weighted by molar-refractivity contribution is -0.148. The summed E-state index contributed by atoms with van der Waals surface area (Å²) >= 11 is 0. The molecule has 0 aliphatic rings. The van der Waals surface area contributed by atoms with Gasteiger partial charge in [0.05, 0.1) is 12.5 Å². The van der Waals surface area contributed by atoms with Gasteiger partial charge in [0.25, 0.3) is 5.91 Å². The van der Waals surface area contributed by atoms with Gasteiger partial charge in [-0.2, -0.15) is 0 Å². The fourth-order valence-corrected chi connectivity index (χ4v) is 2.33. The van der Waals surface area contributed by atoms with Crippen molar-refractivity contribution in [3.8, 4) is 0 Å². The van der Waals surface area contributed by atoms with Crippen LogP contribution in [0.4, 0.5) is 14.5 Å². The van der Waals surface area contributed by atoms with Crippen LogP contribution in [0.15, 0.2) is 48.5 Å². The van der Waals surface area contributed by atoms with E-state index in [1.807, 2.05) is 0 Å². The highest BCUT2D eigenvalue weighted by atomic mass is 19.2. The highest BCUT2D eigenvalue weighted by Crippen LogP contribution is 2.17. The van der Waals surface area contributed by atoms with E-state index in [1.54, 1.807) is 30.3 Å². The van der Waals surface area contributed by atoms with Gasteiger partial charge in [-0.15, -0.1) is 0 Å². The average Bonchev–Trinajstić information content (AvgIpc) is 2.63. The second kappa shape index (κ2) is 9.42. The van der Waals surface area contributed by atoms with Crippen LogP contribution >= 0.6 is 0 Å². The van der Waals surface area contributed by atoms with Gasteiger partial charge in [0.15, 0.2) is 18.2 Å². The summed E-state index contributed by atoms with van der Waals surface area (Å²) in [6.07, 6.45) is -0.165. The van der Waals surface area contributed by atoms with Crippen LogP contribution in [0.25, 0.3) is 0 Å². The molecule has 2 aromatic carbocycles. The van der Waals surface area contributed by atoms with E-state index in [-0.39, 0.29) is 18.0 Å². The molecule has 0 aliphatic carbocycles. The van der Waals surface area contributed by atoms with E-state index in [1.165, 1.54) is 13.0 Å². The Balaban J connectivity index is 1.88. The molecule has 0 spiro atoms. The van der Waals surface area contributed by atoms with E-state index in [0.29, 0.717) is 0 Å². The molecule has 0 heterocycles. The van der Waals surface area contributed by atoms with E-state index in [0.717, 1.165) is 17.7 Å². The van der Waals surface area contributed by atoms with Gasteiger partial charge in [-0.3, -0.25) is 14.4 Å². The second-order valence-electron chi connectivity index (χ2n) is 5.71. The molecule has 1 atom stereocenters. The van der Waals surface area contributed by atoms with Crippen LogP contribution in [0, 0.1) is 11.6 Å². The number of anilines is 1. The van der Waals surface area contributed by atoms with Crippen molar-refractivity contribution in [3.63, 3.8) is 0 Å². The first kappa shape index (κ1) is 20.0. The van der Waals surface area contributed by atoms with Crippen LogP contribution in [0.1, 0.15) is 24.9 Å². The number of benzene rings is 2. The Kier molecular flexibility index (Phi) is 6.99. The average molecular weight is 376 g/mol. The first-order chi connectivity index (χ1) is 12.8. The quantitative estimate of drug-likeness (QED) is 0.728. The lowest BCUT2D eigenvalue weighted by atomic mass is 10.0. The number of carbonyl (C=O) groups is 3. The molecule has 0 saturated carbocycles. The van der Waals surface area contributed by atoms with Gasteiger partial charge in [0.2, 0.25) is 5.91 Å². The molecular formula is C19H18F2N2O4. The number of hydrogen-bond donors (Lipinski definition) is 2. The van der Waals surface area contributed by atoms with E-state index < -0.39 is 36.2 Å². The maximum absolute atomic E-state index is 13.1. The van der Waals surface area contributed by atoms with Crippen molar-refractivity contribution in [2.45, 2.75) is 19.4 Å². The molecule has 142 valence electrons. The molecule has 6 nitrogen and oxygen atoms in total. The Morgan fingerprint density at radius 1 is 1.04 bits per heavy atom. The van der Waals surface area contributed by atoms with E-state index in [9.17, 15) is 23.2 Å². The Morgan fingerprint density at radius 2 is 1.74 bits per heavy atom. The zero-order valence-corrected chi connectivity index (χ0v) is 14.5. The SMILES string of the molecule is CC(=O)N[C@H](CC(=O)OCC(=O)Nc1ccc(F)c(F)c1)c1ccccc1. The number of rotatable bonds is 7. The monoisotopic (exact) mass is 376 g/mol. The number of nitrogens with one attached hydrogen (secondary N) is 2. The molecule has 2 rings (SSSR count). The lowest BCUT2D eigenvalue weighted by Crippen LogP contribution is -2.29. The maximum atomic E-state index is 13.1. The minimum Gasteiger partial charge on any atom is -0.455 e. The number of ether oxygens (including phenoxy) is 1. The van der Waals surface area contributed by atoms with Crippen molar-refractivity contribution in [3.05, 3.63) is 65.7 Å². The Morgan fingerprint density at radius 3 is 2.37 bits per heavy atom. The second-order valence-corrected chi connectivity index (χ2v) is 5.71. The van der Waals surface area contributed by atoms with Crippen molar-refractivity contribution in [1.29, 1.82) is 0 Å². The molecule has 0 saturated heterocycles. The molecule has 2 aromatic rings. The Bertz CT molecular complexity index is 828. The third-order valence-corrected chi connectivity index (χ3v) is 3.52. The molecule has 2 amide bonds. The predicted octanol–water partition coefficient (Wildman–Crippen LogP) is 2.71. The predicted molar refractivity (Wildman–Crippen MR) is 93.6 cm³/mol. The molecule has 0 aromatic heterocycles. The minimum atomic E-state index is -1.11. The van der Waals surface area contributed by atoms with Crippen molar-refractivity contribution in [1.82, 2.24) is 5.32 Å². The minimum absolute atomic E-state index is 0.0374. The smallest absolute Gasteiger partial charge is 0.308 e. The van der Waals surface area contributed by atoms with Gasteiger partial charge >= 0.3 is 5.97 Å². The summed E-state index contributed by atoms with van der Waals surface area (Å²) in [7, 11) is 0. The number of amides is 2. The third-order valence-electron chi connectivity index (χ3n) is 3.52. The first-order valence-corrected chi connectivity index (χ1v) is 8.07. The summed E-state index contributed by atoms with van der Waals surface area (Å²) in [5.41, 5.74) is 0.756. The van der Waals surface area contributed by atoms with Gasteiger partial charge in [0, 0.05) is 18.7 Å². The number of carbonyl (C=O) groups excluding carboxylic acids is 3. The first-order valence-electron chi connectivity index (χ1n) is 8.07. The van der Waals surface area contributed by atoms with Crippen LogP contribution in [0.2, 0.25) is 0 Å². The van der Waals surface area contributed by atoms with Crippen molar-refractivity contribution in [2.75, 3.05) is 11.9 Å². The summed E-state index contributed by atoms with van der Waals surface area (Å²) in [5, 5.41) is 4.94. The van der Waals surface area contributed by atoms with E-state index in [4.69, 9.17) is 4.74 Å². The highest BCUT2D eigenvalue weighted by Gasteiger charge is 2.18. The molecule has 0 bridgehead atoms. The molecule has 27 heavy (non-hydrogen) atoms. The van der Waals surface area contributed by atoms with Crippen molar-refractivity contribution in [2.24, 2.45) is 0 Å². The lowest BCUT2D eigenvalue weighted by Gasteiger charge is -2.17. The molecule has 0 unspecified atom stereocenters. The molecule has 2 N–H and O–H groups in total. The van der Waals surface area contributed by atoms with Gasteiger partial charge in [-0.25, -0.2) is 8.78 Å². The van der Waals surface area contributed by atoms with Gasteiger partial charge in [-0.1, -0.05) is 30.3 Å². The molecule has 0 fully saturated rings. The molecule has 0 aliphatic heterocycles. The molecule has 8 heteroatoms. The van der Waals surface area contributed by atoms with E-state index >= 15 is 0 Å². The number of esters is 1. The largest absolute Gasteiger partial charge is 0.455 e. The third kappa shape index (κ3) is 6.50. The number of hydrogen-bond acceptors (Lipinski definition) is 4. The normalized spacial score (nSPS) is 11.4. The van der Waals surface area contributed by atoms with Crippen LogP contribution in [-0.2, 0) is 19.1 Å². The molecule has 0 radical (unpaired) electrons. The fraction of sp³-hybridized carbons (Fsp3) is 0.211. The zero-order chi connectivity index (χ0) is 19.8. The standard InChI is InChI=1S/C19H18F2N2O4/c1-12(24)22-17(13-5-3-2-4-6-13)10-19(26)27-11-18(25)23-14-7-8-15(20)16(21)9-14/h2-9,17H,10-11H2,1H3,(H,22,24)(H,23,25)/t17-/m1/s1. The van der Waals surface area contributed by atoms with Gasteiger partial charge in [-0.05, 0) is 17.7 Å². The Labute approximate surface area is 154 Å². The van der Waals surface area contributed by atoms with Crippen LogP contribution in [-0.4, -0.2) is 24.4 Å². The summed E-state index contributed by atoms with van der Waals surface area (Å²) < 4.78 is 30.9. The summed E-state index contributed by atoms with van der Waals surface area (Å²) in [6.45, 7) is 0.732. The fourth-order valence-electron chi connectivity index (χ4n) is 2.33. The van der Waals surface area contributed by atoms with Gasteiger partial charge in [0.1, 0.15) is 0 Å². The topological polar surface area (TPSA) is 84.5 Å². The Hall–Kier alpha value is -3.29. The van der Waals surface area contributed by atoms with Crippen LogP contribution in [0.3, 0.4) is 0 Å². The summed E-state index contributed by atoms with van der Waals surface area (Å²) in [6, 6.07) is 11.1. The summed E-state index contributed by atoms with van der Waals surface area (Å²) in [5.74, 6) is -3.86. The highest BCUT2D eigenvalue weighted by molar-refractivity contribution is 5.92. The maximum Gasteiger partial charge on any atom is 0.308 e. The van der Waals surface area contributed by atoms with Crippen molar-refractivity contribution >= 4 is 23.5 Å².